The molecule has 76 valence electrons. The van der Waals surface area contributed by atoms with Gasteiger partial charge >= 0.3 is 5.97 Å². The van der Waals surface area contributed by atoms with Crippen molar-refractivity contribution in [3.63, 3.8) is 0 Å². The van der Waals surface area contributed by atoms with Crippen molar-refractivity contribution in [2.75, 3.05) is 0 Å². The number of carbonyl (C=O) groups is 1. The fourth-order valence-corrected chi connectivity index (χ4v) is 1.30. The third-order valence-corrected chi connectivity index (χ3v) is 2.03. The molecule has 1 atom stereocenters. The molecule has 0 saturated heterocycles. The lowest BCUT2D eigenvalue weighted by atomic mass is 10.1. The van der Waals surface area contributed by atoms with Crippen molar-refractivity contribution in [3.8, 4) is 0 Å². The van der Waals surface area contributed by atoms with Gasteiger partial charge in [-0.25, -0.2) is 13.7 Å². The van der Waals surface area contributed by atoms with E-state index in [0.29, 0.717) is 5.56 Å². The number of hydrogen-bond acceptors (Lipinski definition) is 2. The molecule has 0 aliphatic carbocycles. The van der Waals surface area contributed by atoms with E-state index in [9.17, 15) is 9.00 Å². The number of benzene rings is 1. The zero-order valence-corrected chi connectivity index (χ0v) is 7.95. The Kier molecular flexibility index (Phi) is 3.75. The highest BCUT2D eigenvalue weighted by Crippen LogP contribution is 2.08. The van der Waals surface area contributed by atoms with E-state index in [-0.39, 0.29) is 12.1 Å². The average molecular weight is 215 g/mol. The summed E-state index contributed by atoms with van der Waals surface area (Å²) in [7, 11) is 0. The Morgan fingerprint density at radius 2 is 2.07 bits per heavy atom. The third-order valence-electron chi connectivity index (χ3n) is 1.63. The zero-order valence-electron chi connectivity index (χ0n) is 7.14. The van der Waals surface area contributed by atoms with Crippen LogP contribution in [0, 0.1) is 0 Å². The topological polar surface area (TPSA) is 86.6 Å². The molecule has 1 unspecified atom stereocenters. The summed E-state index contributed by atoms with van der Waals surface area (Å²) in [6.07, 6.45) is 0. The molecule has 3 N–H and O–H groups in total. The molecule has 0 amide bonds. The first-order chi connectivity index (χ1) is 6.61. The van der Waals surface area contributed by atoms with E-state index in [0.717, 1.165) is 0 Å². The molecule has 1 aromatic rings. The minimum absolute atomic E-state index is 0.0472. The van der Waals surface area contributed by atoms with E-state index in [1.165, 1.54) is 6.07 Å². The van der Waals surface area contributed by atoms with Crippen LogP contribution in [0.5, 0.6) is 0 Å². The Hall–Kier alpha value is -1.24. The molecule has 1 rings (SSSR count). The fourth-order valence-electron chi connectivity index (χ4n) is 1.02. The first kappa shape index (κ1) is 10.8. The zero-order chi connectivity index (χ0) is 10.6. The summed E-state index contributed by atoms with van der Waals surface area (Å²) in [6.45, 7) is 0.0472. The molecule has 0 heterocycles. The van der Waals surface area contributed by atoms with E-state index in [1.54, 1.807) is 18.2 Å². The Morgan fingerprint density at radius 3 is 2.64 bits per heavy atom. The van der Waals surface area contributed by atoms with Gasteiger partial charge in [-0.3, -0.25) is 4.55 Å². The van der Waals surface area contributed by atoms with Crippen molar-refractivity contribution in [1.82, 2.24) is 4.72 Å². The molecular weight excluding hydrogens is 206 g/mol. The van der Waals surface area contributed by atoms with E-state index in [2.05, 4.69) is 4.72 Å². The number of carboxylic acids is 1. The van der Waals surface area contributed by atoms with Gasteiger partial charge in [0.2, 0.25) is 11.3 Å². The quantitative estimate of drug-likeness (QED) is 0.642. The smallest absolute Gasteiger partial charge is 0.336 e. The molecule has 0 aliphatic rings. The van der Waals surface area contributed by atoms with E-state index < -0.39 is 17.2 Å². The summed E-state index contributed by atoms with van der Waals surface area (Å²) in [6, 6.07) is 6.30. The van der Waals surface area contributed by atoms with Crippen LogP contribution in [-0.4, -0.2) is 19.8 Å². The molecule has 0 spiro atoms. The molecule has 14 heavy (non-hydrogen) atoms. The number of rotatable bonds is 4. The monoisotopic (exact) mass is 215 g/mol. The largest absolute Gasteiger partial charge is 0.478 e. The van der Waals surface area contributed by atoms with E-state index in [1.807, 2.05) is 0 Å². The van der Waals surface area contributed by atoms with Crippen LogP contribution >= 0.6 is 0 Å². The van der Waals surface area contributed by atoms with Gasteiger partial charge in [0.15, 0.2) is 0 Å². The van der Waals surface area contributed by atoms with Crippen LogP contribution < -0.4 is 4.72 Å². The highest BCUT2D eigenvalue weighted by atomic mass is 32.2. The van der Waals surface area contributed by atoms with Crippen molar-refractivity contribution in [1.29, 1.82) is 0 Å². The highest BCUT2D eigenvalue weighted by Gasteiger charge is 2.08. The van der Waals surface area contributed by atoms with Gasteiger partial charge in [0.1, 0.15) is 0 Å². The molecule has 0 aliphatic heterocycles. The third kappa shape index (κ3) is 2.91. The van der Waals surface area contributed by atoms with Gasteiger partial charge in [0.25, 0.3) is 0 Å². The Bertz CT molecular complexity index is 366. The number of nitrogens with one attached hydrogen (secondary N) is 1. The van der Waals surface area contributed by atoms with E-state index >= 15 is 0 Å². The molecule has 0 aromatic heterocycles. The Morgan fingerprint density at radius 1 is 1.43 bits per heavy atom. The molecule has 0 radical (unpaired) electrons. The second-order valence-electron chi connectivity index (χ2n) is 2.53. The summed E-state index contributed by atoms with van der Waals surface area (Å²) in [5.41, 5.74) is 0.604. The minimum atomic E-state index is -2.13. The van der Waals surface area contributed by atoms with Gasteiger partial charge in [-0.15, -0.1) is 0 Å². The van der Waals surface area contributed by atoms with Crippen LogP contribution in [0.4, 0.5) is 0 Å². The van der Waals surface area contributed by atoms with Crippen LogP contribution in [0.25, 0.3) is 0 Å². The van der Waals surface area contributed by atoms with Crippen molar-refractivity contribution in [2.24, 2.45) is 0 Å². The molecule has 0 fully saturated rings. The summed E-state index contributed by atoms with van der Waals surface area (Å²) < 4.78 is 21.0. The lowest BCUT2D eigenvalue weighted by Crippen LogP contribution is -2.17. The maximum absolute atomic E-state index is 10.7. The lowest BCUT2D eigenvalue weighted by Gasteiger charge is -2.04. The molecular formula is C8H9NO4S. The van der Waals surface area contributed by atoms with Crippen LogP contribution in [0.1, 0.15) is 15.9 Å². The normalized spacial score (nSPS) is 12.4. The van der Waals surface area contributed by atoms with Crippen molar-refractivity contribution >= 4 is 17.2 Å². The second kappa shape index (κ2) is 4.85. The van der Waals surface area contributed by atoms with Crippen molar-refractivity contribution < 1.29 is 18.7 Å². The highest BCUT2D eigenvalue weighted by molar-refractivity contribution is 7.77. The average Bonchev–Trinajstić information content (AvgIpc) is 2.15. The maximum atomic E-state index is 10.7. The standard InChI is InChI=1S/C8H9NO4S/c10-8(11)7-4-2-1-3-6(7)5-9-14(12)13/h1-4,9H,5H2,(H,10,11)(H,12,13). The predicted octanol–water partition coefficient (Wildman–Crippen LogP) is 0.611. The first-order valence-corrected chi connectivity index (χ1v) is 4.87. The second-order valence-corrected chi connectivity index (χ2v) is 3.32. The number of aromatic carboxylic acids is 1. The fraction of sp³-hybridized carbons (Fsp3) is 0.125. The van der Waals surface area contributed by atoms with Crippen LogP contribution in [-0.2, 0) is 17.8 Å². The summed E-state index contributed by atoms with van der Waals surface area (Å²) >= 11 is -2.13. The number of carboxylic acid groups (broad SMARTS) is 1. The Labute approximate surface area is 83.2 Å². The molecule has 6 heteroatoms. The Balaban J connectivity index is 2.84. The predicted molar refractivity (Wildman–Crippen MR) is 51.0 cm³/mol. The molecule has 0 saturated carbocycles. The minimum Gasteiger partial charge on any atom is -0.478 e. The van der Waals surface area contributed by atoms with E-state index in [4.69, 9.17) is 9.66 Å². The maximum Gasteiger partial charge on any atom is 0.336 e. The summed E-state index contributed by atoms with van der Waals surface area (Å²) in [5, 5.41) is 8.76. The SMILES string of the molecule is O=C(O)c1ccccc1CNS(=O)O. The van der Waals surface area contributed by atoms with Crippen LogP contribution in [0.3, 0.4) is 0 Å². The van der Waals surface area contributed by atoms with Crippen LogP contribution in [0.2, 0.25) is 0 Å². The van der Waals surface area contributed by atoms with Gasteiger partial charge in [0.05, 0.1) is 5.56 Å². The van der Waals surface area contributed by atoms with Crippen molar-refractivity contribution in [2.45, 2.75) is 6.54 Å². The van der Waals surface area contributed by atoms with Gasteiger partial charge < -0.3 is 5.11 Å². The molecule has 1 aromatic carbocycles. The molecule has 5 nitrogen and oxygen atoms in total. The van der Waals surface area contributed by atoms with Crippen molar-refractivity contribution in [3.05, 3.63) is 35.4 Å². The summed E-state index contributed by atoms with van der Waals surface area (Å²) in [5.74, 6) is -1.05. The molecule has 0 bridgehead atoms. The summed E-state index contributed by atoms with van der Waals surface area (Å²) in [4.78, 5) is 10.7. The first-order valence-electron chi connectivity index (χ1n) is 3.77. The van der Waals surface area contributed by atoms with Gasteiger partial charge in [-0.05, 0) is 11.6 Å². The van der Waals surface area contributed by atoms with Gasteiger partial charge in [-0.2, -0.15) is 0 Å². The van der Waals surface area contributed by atoms with Gasteiger partial charge in [-0.1, -0.05) is 18.2 Å². The lowest BCUT2D eigenvalue weighted by molar-refractivity contribution is 0.0695. The van der Waals surface area contributed by atoms with Gasteiger partial charge in [0, 0.05) is 6.54 Å². The number of hydrogen-bond donors (Lipinski definition) is 3. The van der Waals surface area contributed by atoms with Crippen LogP contribution in [0.15, 0.2) is 24.3 Å².